The van der Waals surface area contributed by atoms with Crippen molar-refractivity contribution in [3.63, 3.8) is 0 Å². The minimum Gasteiger partial charge on any atom is -0.382 e. The van der Waals surface area contributed by atoms with Crippen molar-refractivity contribution < 1.29 is 0 Å². The molecule has 1 aliphatic heterocycles. The highest BCUT2D eigenvalue weighted by atomic mass is 35.5. The second kappa shape index (κ2) is 6.62. The van der Waals surface area contributed by atoms with E-state index in [1.54, 1.807) is 0 Å². The molecular weight excluding hydrogens is 256 g/mol. The number of rotatable bonds is 3. The van der Waals surface area contributed by atoms with E-state index in [2.05, 4.69) is 37.1 Å². The summed E-state index contributed by atoms with van der Waals surface area (Å²) in [7, 11) is 0. The van der Waals surface area contributed by atoms with Crippen LogP contribution in [0.15, 0.2) is 18.2 Å². The van der Waals surface area contributed by atoms with Gasteiger partial charge in [0.25, 0.3) is 0 Å². The van der Waals surface area contributed by atoms with Gasteiger partial charge in [-0.05, 0) is 70.3 Å². The van der Waals surface area contributed by atoms with Crippen molar-refractivity contribution in [2.45, 2.75) is 52.1 Å². The molecule has 1 aromatic rings. The number of nitrogens with one attached hydrogen (secondary N) is 1. The molecule has 0 radical (unpaired) electrons. The lowest BCUT2D eigenvalue weighted by atomic mass is 10.1. The Morgan fingerprint density at radius 3 is 2.74 bits per heavy atom. The minimum absolute atomic E-state index is 0.587. The Kier molecular flexibility index (Phi) is 5.12. The SMILES string of the molecule is Cc1cc(Cl)ccc1NC1CCCN(C(C)C)CC1. The second-order valence-corrected chi connectivity index (χ2v) is 6.30. The van der Waals surface area contributed by atoms with Gasteiger partial charge >= 0.3 is 0 Å². The van der Waals surface area contributed by atoms with Crippen LogP contribution in [0.25, 0.3) is 0 Å². The van der Waals surface area contributed by atoms with E-state index in [-0.39, 0.29) is 0 Å². The fourth-order valence-corrected chi connectivity index (χ4v) is 3.01. The minimum atomic E-state index is 0.587. The molecule has 0 aromatic heterocycles. The largest absolute Gasteiger partial charge is 0.382 e. The normalized spacial score (nSPS) is 21.4. The first-order chi connectivity index (χ1) is 9.06. The first kappa shape index (κ1) is 14.7. The summed E-state index contributed by atoms with van der Waals surface area (Å²) in [6.07, 6.45) is 3.76. The predicted octanol–water partition coefficient (Wildman–Crippen LogP) is 4.32. The number of anilines is 1. The van der Waals surface area contributed by atoms with Crippen LogP contribution in [0.1, 0.15) is 38.7 Å². The summed E-state index contributed by atoms with van der Waals surface area (Å²) >= 11 is 6.01. The van der Waals surface area contributed by atoms with Crippen molar-refractivity contribution in [2.24, 2.45) is 0 Å². The van der Waals surface area contributed by atoms with Crippen LogP contribution in [-0.4, -0.2) is 30.1 Å². The smallest absolute Gasteiger partial charge is 0.0410 e. The van der Waals surface area contributed by atoms with Gasteiger partial charge in [0, 0.05) is 29.3 Å². The molecule has 1 aliphatic rings. The molecule has 1 atom stereocenters. The van der Waals surface area contributed by atoms with Gasteiger partial charge < -0.3 is 10.2 Å². The zero-order valence-electron chi connectivity index (χ0n) is 12.2. The molecule has 2 rings (SSSR count). The van der Waals surface area contributed by atoms with Crippen molar-refractivity contribution in [3.8, 4) is 0 Å². The average Bonchev–Trinajstić information content (AvgIpc) is 2.58. The standard InChI is InChI=1S/C16H25ClN2/c1-12(2)19-9-4-5-15(8-10-19)18-16-7-6-14(17)11-13(16)3/h6-7,11-12,15,18H,4-5,8-10H2,1-3H3. The third-order valence-corrected chi connectivity index (χ3v) is 4.28. The van der Waals surface area contributed by atoms with Crippen molar-refractivity contribution in [2.75, 3.05) is 18.4 Å². The summed E-state index contributed by atoms with van der Waals surface area (Å²) in [5, 5.41) is 4.51. The van der Waals surface area contributed by atoms with E-state index in [1.807, 2.05) is 12.1 Å². The Morgan fingerprint density at radius 2 is 2.05 bits per heavy atom. The number of likely N-dealkylation sites (tertiary alicyclic amines) is 1. The van der Waals surface area contributed by atoms with Crippen LogP contribution in [0.5, 0.6) is 0 Å². The zero-order chi connectivity index (χ0) is 13.8. The monoisotopic (exact) mass is 280 g/mol. The summed E-state index contributed by atoms with van der Waals surface area (Å²) in [6, 6.07) is 7.34. The number of hydrogen-bond acceptors (Lipinski definition) is 2. The lowest BCUT2D eigenvalue weighted by Crippen LogP contribution is -2.32. The van der Waals surface area contributed by atoms with Crippen molar-refractivity contribution in [3.05, 3.63) is 28.8 Å². The third kappa shape index (κ3) is 4.12. The molecule has 1 aromatic carbocycles. The summed E-state index contributed by atoms with van der Waals surface area (Å²) in [6.45, 7) is 9.12. The Labute approximate surface area is 122 Å². The van der Waals surface area contributed by atoms with E-state index < -0.39 is 0 Å². The molecule has 3 heteroatoms. The molecule has 106 valence electrons. The van der Waals surface area contributed by atoms with Gasteiger partial charge in [-0.15, -0.1) is 0 Å². The molecule has 1 fully saturated rings. The van der Waals surface area contributed by atoms with Crippen molar-refractivity contribution in [1.82, 2.24) is 4.90 Å². The number of nitrogens with zero attached hydrogens (tertiary/aromatic N) is 1. The Balaban J connectivity index is 1.96. The number of aryl methyl sites for hydroxylation is 1. The molecule has 0 spiro atoms. The number of benzene rings is 1. The molecular formula is C16H25ClN2. The zero-order valence-corrected chi connectivity index (χ0v) is 13.0. The van der Waals surface area contributed by atoms with E-state index in [4.69, 9.17) is 11.6 Å². The second-order valence-electron chi connectivity index (χ2n) is 5.86. The van der Waals surface area contributed by atoms with Gasteiger partial charge in [-0.3, -0.25) is 0 Å². The molecule has 19 heavy (non-hydrogen) atoms. The molecule has 1 heterocycles. The Bertz CT molecular complexity index is 417. The highest BCUT2D eigenvalue weighted by molar-refractivity contribution is 6.30. The topological polar surface area (TPSA) is 15.3 Å². The number of halogens is 1. The van der Waals surface area contributed by atoms with Crippen molar-refractivity contribution >= 4 is 17.3 Å². The van der Waals surface area contributed by atoms with Gasteiger partial charge in [0.1, 0.15) is 0 Å². The van der Waals surface area contributed by atoms with Crippen LogP contribution in [0.2, 0.25) is 5.02 Å². The van der Waals surface area contributed by atoms with E-state index in [0.717, 1.165) is 5.02 Å². The lowest BCUT2D eigenvalue weighted by Gasteiger charge is -2.24. The Hall–Kier alpha value is -0.730. The van der Waals surface area contributed by atoms with E-state index >= 15 is 0 Å². The molecule has 1 saturated heterocycles. The van der Waals surface area contributed by atoms with Crippen LogP contribution in [-0.2, 0) is 0 Å². The highest BCUT2D eigenvalue weighted by Gasteiger charge is 2.18. The van der Waals surface area contributed by atoms with Gasteiger partial charge in [0.05, 0.1) is 0 Å². The van der Waals surface area contributed by atoms with E-state index in [0.29, 0.717) is 12.1 Å². The van der Waals surface area contributed by atoms with Crippen LogP contribution in [0.3, 0.4) is 0 Å². The van der Waals surface area contributed by atoms with Crippen LogP contribution in [0, 0.1) is 6.92 Å². The summed E-state index contributed by atoms with van der Waals surface area (Å²) in [5.41, 5.74) is 2.46. The lowest BCUT2D eigenvalue weighted by molar-refractivity contribution is 0.230. The predicted molar refractivity (Wildman–Crippen MR) is 84.2 cm³/mol. The van der Waals surface area contributed by atoms with Gasteiger partial charge in [-0.25, -0.2) is 0 Å². The number of hydrogen-bond donors (Lipinski definition) is 1. The Morgan fingerprint density at radius 1 is 1.26 bits per heavy atom. The van der Waals surface area contributed by atoms with Crippen LogP contribution < -0.4 is 5.32 Å². The summed E-state index contributed by atoms with van der Waals surface area (Å²) in [5.74, 6) is 0. The van der Waals surface area contributed by atoms with Gasteiger partial charge in [0.15, 0.2) is 0 Å². The van der Waals surface area contributed by atoms with Crippen molar-refractivity contribution in [1.29, 1.82) is 0 Å². The fourth-order valence-electron chi connectivity index (χ4n) is 2.79. The quantitative estimate of drug-likeness (QED) is 0.887. The fraction of sp³-hybridized carbons (Fsp3) is 0.625. The van der Waals surface area contributed by atoms with Gasteiger partial charge in [-0.2, -0.15) is 0 Å². The molecule has 0 saturated carbocycles. The molecule has 0 amide bonds. The van der Waals surface area contributed by atoms with E-state index in [1.165, 1.54) is 43.6 Å². The molecule has 0 aliphatic carbocycles. The van der Waals surface area contributed by atoms with Crippen LogP contribution >= 0.6 is 11.6 Å². The van der Waals surface area contributed by atoms with Gasteiger partial charge in [0.2, 0.25) is 0 Å². The summed E-state index contributed by atoms with van der Waals surface area (Å²) in [4.78, 5) is 2.58. The average molecular weight is 281 g/mol. The maximum Gasteiger partial charge on any atom is 0.0410 e. The molecule has 2 nitrogen and oxygen atoms in total. The van der Waals surface area contributed by atoms with E-state index in [9.17, 15) is 0 Å². The summed E-state index contributed by atoms with van der Waals surface area (Å²) < 4.78 is 0. The maximum absolute atomic E-state index is 6.01. The first-order valence-electron chi connectivity index (χ1n) is 7.33. The van der Waals surface area contributed by atoms with Gasteiger partial charge in [-0.1, -0.05) is 11.6 Å². The maximum atomic E-state index is 6.01. The molecule has 1 N–H and O–H groups in total. The third-order valence-electron chi connectivity index (χ3n) is 4.04. The molecule has 0 bridgehead atoms. The van der Waals surface area contributed by atoms with Crippen LogP contribution in [0.4, 0.5) is 5.69 Å². The first-order valence-corrected chi connectivity index (χ1v) is 7.71. The molecule has 1 unspecified atom stereocenters. The highest BCUT2D eigenvalue weighted by Crippen LogP contribution is 2.23.